The third kappa shape index (κ3) is 12.3. The molecule has 12 nitrogen and oxygen atoms in total. The Labute approximate surface area is 145 Å². The Morgan fingerprint density at radius 1 is 0.960 bits per heavy atom. The van der Waals surface area contributed by atoms with Crippen molar-refractivity contribution in [1.82, 2.24) is 21.3 Å². The molecule has 0 aliphatic rings. The minimum Gasteiger partial charge on any atom is -0.453 e. The van der Waals surface area contributed by atoms with Crippen molar-refractivity contribution in [2.45, 2.75) is 13.0 Å². The molecule has 0 aromatic carbocycles. The van der Waals surface area contributed by atoms with Crippen LogP contribution in [0.4, 0.5) is 14.4 Å². The van der Waals surface area contributed by atoms with E-state index in [0.29, 0.717) is 0 Å². The van der Waals surface area contributed by atoms with E-state index in [-0.39, 0.29) is 39.3 Å². The van der Waals surface area contributed by atoms with Gasteiger partial charge in [-0.25, -0.2) is 14.4 Å². The van der Waals surface area contributed by atoms with Crippen molar-refractivity contribution in [1.29, 1.82) is 0 Å². The summed E-state index contributed by atoms with van der Waals surface area (Å²) in [6, 6.07) is 0. The summed E-state index contributed by atoms with van der Waals surface area (Å²) in [4.78, 5) is 45.4. The fourth-order valence-electron chi connectivity index (χ4n) is 1.42. The molecule has 0 saturated heterocycles. The molecule has 0 aromatic rings. The molecule has 12 heteroatoms. The van der Waals surface area contributed by atoms with Crippen LogP contribution in [0.15, 0.2) is 0 Å². The molecule has 0 spiro atoms. The van der Waals surface area contributed by atoms with Gasteiger partial charge in [-0.3, -0.25) is 4.79 Å². The molecule has 0 radical (unpaired) electrons. The maximum absolute atomic E-state index is 11.7. The van der Waals surface area contributed by atoms with Crippen LogP contribution in [0.1, 0.15) is 6.92 Å². The largest absolute Gasteiger partial charge is 0.453 e. The zero-order valence-electron chi connectivity index (χ0n) is 14.3. The number of alkyl carbamates (subject to hydrolysis) is 3. The minimum absolute atomic E-state index is 0.115. The fraction of sp³-hybridized carbons (Fsp3) is 0.692. The molecular weight excluding hydrogens is 338 g/mol. The molecule has 0 aromatic heterocycles. The second kappa shape index (κ2) is 13.7. The number of methoxy groups -OCH3 is 1. The predicted molar refractivity (Wildman–Crippen MR) is 85.8 cm³/mol. The monoisotopic (exact) mass is 363 g/mol. The Morgan fingerprint density at radius 3 is 2.16 bits per heavy atom. The highest BCUT2D eigenvalue weighted by atomic mass is 16.6. The third-order valence-electron chi connectivity index (χ3n) is 2.54. The van der Waals surface area contributed by atoms with Crippen molar-refractivity contribution in [3.05, 3.63) is 0 Å². The molecule has 0 saturated carbocycles. The smallest absolute Gasteiger partial charge is 0.407 e. The highest BCUT2D eigenvalue weighted by Crippen LogP contribution is 1.92. The number of rotatable bonds is 10. The molecule has 0 rings (SSSR count). The van der Waals surface area contributed by atoms with Crippen molar-refractivity contribution in [3.8, 4) is 0 Å². The highest BCUT2D eigenvalue weighted by Gasteiger charge is 2.18. The first-order valence-electron chi connectivity index (χ1n) is 7.56. The van der Waals surface area contributed by atoms with Gasteiger partial charge in [-0.15, -0.1) is 0 Å². The number of hydrogen-bond acceptors (Lipinski definition) is 8. The second-order valence-corrected chi connectivity index (χ2v) is 4.49. The molecule has 0 aliphatic heterocycles. The van der Waals surface area contributed by atoms with Crippen molar-refractivity contribution < 1.29 is 33.4 Å². The zero-order valence-corrected chi connectivity index (χ0v) is 14.3. The van der Waals surface area contributed by atoms with Gasteiger partial charge in [0.25, 0.3) is 0 Å². The lowest BCUT2D eigenvalue weighted by molar-refractivity contribution is -0.120. The lowest BCUT2D eigenvalue weighted by Gasteiger charge is -2.19. The van der Waals surface area contributed by atoms with Crippen molar-refractivity contribution in [2.24, 2.45) is 5.73 Å². The van der Waals surface area contributed by atoms with Gasteiger partial charge in [0.2, 0.25) is 5.91 Å². The Kier molecular flexibility index (Phi) is 12.2. The summed E-state index contributed by atoms with van der Waals surface area (Å²) >= 11 is 0. The average molecular weight is 363 g/mol. The van der Waals surface area contributed by atoms with Crippen molar-refractivity contribution in [2.75, 3.05) is 46.4 Å². The van der Waals surface area contributed by atoms with Crippen LogP contribution in [0.25, 0.3) is 0 Å². The van der Waals surface area contributed by atoms with E-state index in [1.165, 1.54) is 7.11 Å². The number of carbonyl (C=O) groups is 4. The number of hydrogen-bond donors (Lipinski definition) is 5. The number of nitrogens with two attached hydrogens (primary N) is 1. The molecule has 4 amide bonds. The minimum atomic E-state index is -0.907. The highest BCUT2D eigenvalue weighted by molar-refractivity contribution is 5.82. The van der Waals surface area contributed by atoms with E-state index in [2.05, 4.69) is 30.7 Å². The normalized spacial score (nSPS) is 10.8. The van der Waals surface area contributed by atoms with Crippen LogP contribution < -0.4 is 27.0 Å². The molecule has 6 N–H and O–H groups in total. The lowest BCUT2D eigenvalue weighted by Crippen LogP contribution is -2.45. The maximum Gasteiger partial charge on any atom is 0.407 e. The summed E-state index contributed by atoms with van der Waals surface area (Å²) in [7, 11) is 1.18. The number of ether oxygens (including phenoxy) is 3. The molecule has 0 bridgehead atoms. The quantitative estimate of drug-likeness (QED) is 0.285. The molecule has 0 heterocycles. The molecule has 1 atom stereocenters. The van der Waals surface area contributed by atoms with Gasteiger partial charge in [0, 0.05) is 13.1 Å². The van der Waals surface area contributed by atoms with Gasteiger partial charge >= 0.3 is 18.3 Å². The summed E-state index contributed by atoms with van der Waals surface area (Å²) in [6.07, 6.45) is -3.23. The van der Waals surface area contributed by atoms with E-state index < -0.39 is 30.3 Å². The summed E-state index contributed by atoms with van der Waals surface area (Å²) in [5.74, 6) is -0.434. The molecular formula is C13H25N5O7. The van der Waals surface area contributed by atoms with E-state index in [0.717, 1.165) is 0 Å². The topological polar surface area (TPSA) is 170 Å². The Balaban J connectivity index is 4.37. The zero-order chi connectivity index (χ0) is 19.1. The van der Waals surface area contributed by atoms with Gasteiger partial charge < -0.3 is 41.2 Å². The van der Waals surface area contributed by atoms with E-state index >= 15 is 0 Å². The van der Waals surface area contributed by atoms with Gasteiger partial charge in [-0.05, 0) is 6.92 Å². The van der Waals surface area contributed by atoms with Crippen molar-refractivity contribution >= 4 is 24.2 Å². The van der Waals surface area contributed by atoms with E-state index in [1.807, 2.05) is 0 Å². The number of nitrogens with one attached hydrogen (secondary N) is 4. The standard InChI is InChI=1S/C13H25N5O7/c1-3-24-12(21)17-7-9(6-16-11(20)23-2)25-13(22)18-8-10(19)15-5-4-14/h9H,3-8,14H2,1-2H3,(H,15,19)(H,16,20)(H,17,21)(H,18,22). The van der Waals surface area contributed by atoms with Gasteiger partial charge in [-0.2, -0.15) is 0 Å². The van der Waals surface area contributed by atoms with Crippen LogP contribution >= 0.6 is 0 Å². The van der Waals surface area contributed by atoms with Crippen LogP contribution in [0.3, 0.4) is 0 Å². The first kappa shape index (κ1) is 22.2. The Morgan fingerprint density at radius 2 is 1.60 bits per heavy atom. The first-order chi connectivity index (χ1) is 11.9. The van der Waals surface area contributed by atoms with Crippen molar-refractivity contribution in [3.63, 3.8) is 0 Å². The molecule has 1 unspecified atom stereocenters. The average Bonchev–Trinajstić information content (AvgIpc) is 2.60. The van der Waals surface area contributed by atoms with Gasteiger partial charge in [0.05, 0.1) is 33.4 Å². The fourth-order valence-corrected chi connectivity index (χ4v) is 1.42. The maximum atomic E-state index is 11.7. The van der Waals surface area contributed by atoms with Gasteiger partial charge in [-0.1, -0.05) is 0 Å². The summed E-state index contributed by atoms with van der Waals surface area (Å²) in [5.41, 5.74) is 5.23. The van der Waals surface area contributed by atoms with E-state index in [9.17, 15) is 19.2 Å². The summed E-state index contributed by atoms with van der Waals surface area (Å²) in [6.45, 7) is 1.83. The van der Waals surface area contributed by atoms with Crippen LogP contribution in [0, 0.1) is 0 Å². The van der Waals surface area contributed by atoms with Crippen LogP contribution in [-0.2, 0) is 19.0 Å². The number of carbonyl (C=O) groups excluding carboxylic acids is 4. The SMILES string of the molecule is CCOC(=O)NCC(CNC(=O)OC)OC(=O)NCC(=O)NCCN. The molecule has 0 aliphatic carbocycles. The lowest BCUT2D eigenvalue weighted by atomic mass is 10.3. The number of amides is 4. The predicted octanol–water partition coefficient (Wildman–Crippen LogP) is -1.74. The van der Waals surface area contributed by atoms with Crippen LogP contribution in [0.5, 0.6) is 0 Å². The second-order valence-electron chi connectivity index (χ2n) is 4.49. The van der Waals surface area contributed by atoms with E-state index in [1.54, 1.807) is 6.92 Å². The van der Waals surface area contributed by atoms with E-state index in [4.69, 9.17) is 10.5 Å². The Hall–Kier alpha value is -2.76. The molecule has 25 heavy (non-hydrogen) atoms. The van der Waals surface area contributed by atoms with Crippen LogP contribution in [-0.4, -0.2) is 76.7 Å². The molecule has 144 valence electrons. The summed E-state index contributed by atoms with van der Waals surface area (Å²) in [5, 5.41) is 9.40. The van der Waals surface area contributed by atoms with Gasteiger partial charge in [0.1, 0.15) is 6.10 Å². The van der Waals surface area contributed by atoms with Gasteiger partial charge in [0.15, 0.2) is 0 Å². The molecule has 0 fully saturated rings. The Bertz CT molecular complexity index is 446. The summed E-state index contributed by atoms with van der Waals surface area (Å²) < 4.78 is 14.1. The third-order valence-corrected chi connectivity index (χ3v) is 2.54. The first-order valence-corrected chi connectivity index (χ1v) is 7.56. The van der Waals surface area contributed by atoms with Crippen LogP contribution in [0.2, 0.25) is 0 Å².